The molecule has 0 aromatic heterocycles. The summed E-state index contributed by atoms with van der Waals surface area (Å²) in [7, 11) is 0. The molecule has 1 atom stereocenters. The first-order chi connectivity index (χ1) is 12.6. The molecular weight excluding hydrogens is 542 g/mol. The van der Waals surface area contributed by atoms with Gasteiger partial charge in [0.15, 0.2) is 0 Å². The summed E-state index contributed by atoms with van der Waals surface area (Å²) in [6.45, 7) is 0. The SMILES string of the molecule is Fc1ccccc1-c1c(Br)cc(Br)cc1C(F)(C(F)(F)F)C(F)(F)C(F)(F)F. The maximum Gasteiger partial charge on any atom is 0.457 e. The van der Waals surface area contributed by atoms with Crippen molar-refractivity contribution in [3.05, 3.63) is 56.7 Å². The molecule has 0 heterocycles. The fraction of sp³-hybridized carbons (Fsp3) is 0.250. The fourth-order valence-corrected chi connectivity index (χ4v) is 3.92. The van der Waals surface area contributed by atoms with Gasteiger partial charge in [-0.3, -0.25) is 0 Å². The van der Waals surface area contributed by atoms with Gasteiger partial charge in [-0.25, -0.2) is 8.78 Å². The molecule has 0 fully saturated rings. The van der Waals surface area contributed by atoms with Gasteiger partial charge in [0.1, 0.15) is 5.82 Å². The summed E-state index contributed by atoms with van der Waals surface area (Å²) in [5.74, 6) is -8.13. The highest BCUT2D eigenvalue weighted by Crippen LogP contribution is 2.60. The molecule has 0 radical (unpaired) electrons. The molecule has 0 nitrogen and oxygen atoms in total. The monoisotopic (exact) mass is 546 g/mol. The molecule has 0 N–H and O–H groups in total. The van der Waals surface area contributed by atoms with Gasteiger partial charge in [-0.1, -0.05) is 50.1 Å². The number of hydrogen-bond donors (Lipinski definition) is 0. The van der Waals surface area contributed by atoms with Crippen LogP contribution in [0.3, 0.4) is 0 Å². The zero-order chi connectivity index (χ0) is 21.7. The minimum atomic E-state index is -6.89. The first-order valence-corrected chi connectivity index (χ1v) is 8.59. The molecule has 2 rings (SSSR count). The summed E-state index contributed by atoms with van der Waals surface area (Å²) in [6.07, 6.45) is -13.6. The number of hydrogen-bond acceptors (Lipinski definition) is 0. The highest BCUT2D eigenvalue weighted by atomic mass is 79.9. The van der Waals surface area contributed by atoms with Gasteiger partial charge in [-0.15, -0.1) is 0 Å². The molecule has 2 aromatic rings. The van der Waals surface area contributed by atoms with Crippen molar-refractivity contribution in [3.8, 4) is 11.1 Å². The third kappa shape index (κ3) is 3.53. The van der Waals surface area contributed by atoms with Crippen molar-refractivity contribution in [2.24, 2.45) is 0 Å². The Bertz CT molecular complexity index is 888. The molecule has 0 amide bonds. The maximum atomic E-state index is 15.0. The fourth-order valence-electron chi connectivity index (χ4n) is 2.48. The van der Waals surface area contributed by atoms with Crippen LogP contribution in [-0.4, -0.2) is 18.3 Å². The summed E-state index contributed by atoms with van der Waals surface area (Å²) in [4.78, 5) is 0. The number of rotatable bonds is 3. The van der Waals surface area contributed by atoms with Crippen LogP contribution in [0.15, 0.2) is 45.3 Å². The number of alkyl halides is 9. The molecule has 2 aromatic carbocycles. The number of halogens is 12. The van der Waals surface area contributed by atoms with Crippen LogP contribution >= 0.6 is 31.9 Å². The van der Waals surface area contributed by atoms with Gasteiger partial charge < -0.3 is 0 Å². The van der Waals surface area contributed by atoms with E-state index in [0.717, 1.165) is 30.3 Å². The Labute approximate surface area is 167 Å². The third-order valence-corrected chi connectivity index (χ3v) is 4.83. The van der Waals surface area contributed by atoms with Gasteiger partial charge in [-0.05, 0) is 18.2 Å². The molecular formula is C16H6Br2F10. The van der Waals surface area contributed by atoms with Gasteiger partial charge in [-0.2, -0.15) is 35.1 Å². The standard InChI is InChI=1S/C16H6Br2F10/c17-7-5-9(12(10(18)6-7)8-3-1-2-4-11(8)19)13(20,15(23,24)25)14(21,22)16(26,27)28/h1-6H. The molecule has 28 heavy (non-hydrogen) atoms. The lowest BCUT2D eigenvalue weighted by Crippen LogP contribution is -2.60. The summed E-state index contributed by atoms with van der Waals surface area (Å²) in [6, 6.07) is 4.79. The Morgan fingerprint density at radius 3 is 1.71 bits per heavy atom. The summed E-state index contributed by atoms with van der Waals surface area (Å²) >= 11 is 5.32. The van der Waals surface area contributed by atoms with E-state index in [-0.39, 0.29) is 6.07 Å². The highest BCUT2D eigenvalue weighted by molar-refractivity contribution is 9.11. The van der Waals surface area contributed by atoms with E-state index in [4.69, 9.17) is 0 Å². The molecule has 1 unspecified atom stereocenters. The molecule has 0 aliphatic rings. The quantitative estimate of drug-likeness (QED) is 0.342. The first kappa shape index (κ1) is 23.0. The van der Waals surface area contributed by atoms with Crippen LogP contribution in [0.4, 0.5) is 43.9 Å². The second-order valence-electron chi connectivity index (χ2n) is 5.52. The second kappa shape index (κ2) is 7.19. The Hall–Kier alpha value is -1.30. The topological polar surface area (TPSA) is 0 Å². The Morgan fingerprint density at radius 1 is 0.714 bits per heavy atom. The van der Waals surface area contributed by atoms with Crippen molar-refractivity contribution < 1.29 is 43.9 Å². The molecule has 0 bridgehead atoms. The lowest BCUT2D eigenvalue weighted by Gasteiger charge is -2.37. The van der Waals surface area contributed by atoms with Crippen molar-refractivity contribution >= 4 is 31.9 Å². The average Bonchev–Trinajstić information content (AvgIpc) is 2.52. The van der Waals surface area contributed by atoms with Crippen molar-refractivity contribution in [3.63, 3.8) is 0 Å². The van der Waals surface area contributed by atoms with Gasteiger partial charge >= 0.3 is 23.9 Å². The van der Waals surface area contributed by atoms with Crippen LogP contribution in [0.25, 0.3) is 11.1 Å². The Balaban J connectivity index is 3.04. The molecule has 0 saturated carbocycles. The largest absolute Gasteiger partial charge is 0.457 e. The summed E-state index contributed by atoms with van der Waals surface area (Å²) in [5, 5.41) is 0. The van der Waals surface area contributed by atoms with Crippen molar-refractivity contribution in [2.45, 2.75) is 23.9 Å². The normalized spacial score (nSPS) is 15.4. The van der Waals surface area contributed by atoms with Crippen LogP contribution in [-0.2, 0) is 5.67 Å². The predicted octanol–water partition coefficient (Wildman–Crippen LogP) is 7.94. The van der Waals surface area contributed by atoms with Crippen LogP contribution < -0.4 is 0 Å². The van der Waals surface area contributed by atoms with E-state index in [2.05, 4.69) is 31.9 Å². The van der Waals surface area contributed by atoms with E-state index in [1.54, 1.807) is 0 Å². The number of benzene rings is 2. The predicted molar refractivity (Wildman–Crippen MR) is 87.1 cm³/mol. The highest BCUT2D eigenvalue weighted by Gasteiger charge is 2.82. The van der Waals surface area contributed by atoms with E-state index < -0.39 is 55.4 Å². The van der Waals surface area contributed by atoms with Crippen molar-refractivity contribution in [2.75, 3.05) is 0 Å². The smallest absolute Gasteiger partial charge is 0.221 e. The molecule has 0 saturated heterocycles. The van der Waals surface area contributed by atoms with Crippen molar-refractivity contribution in [1.29, 1.82) is 0 Å². The minimum Gasteiger partial charge on any atom is -0.221 e. The van der Waals surface area contributed by atoms with E-state index in [0.29, 0.717) is 0 Å². The van der Waals surface area contributed by atoms with Crippen LogP contribution in [0, 0.1) is 5.82 Å². The summed E-state index contributed by atoms with van der Waals surface area (Å²) < 4.78 is 134. The van der Waals surface area contributed by atoms with E-state index >= 15 is 0 Å². The van der Waals surface area contributed by atoms with E-state index in [1.807, 2.05) is 0 Å². The molecule has 12 heteroatoms. The van der Waals surface area contributed by atoms with E-state index in [9.17, 15) is 43.9 Å². The molecule has 0 aliphatic heterocycles. The van der Waals surface area contributed by atoms with Crippen LogP contribution in [0.5, 0.6) is 0 Å². The van der Waals surface area contributed by atoms with E-state index in [1.165, 1.54) is 0 Å². The third-order valence-electron chi connectivity index (χ3n) is 3.75. The lowest BCUT2D eigenvalue weighted by atomic mass is 9.82. The Kier molecular flexibility index (Phi) is 5.90. The lowest BCUT2D eigenvalue weighted by molar-refractivity contribution is -0.389. The Morgan fingerprint density at radius 2 is 1.25 bits per heavy atom. The zero-order valence-electron chi connectivity index (χ0n) is 13.0. The van der Waals surface area contributed by atoms with Crippen LogP contribution in [0.2, 0.25) is 0 Å². The molecule has 154 valence electrons. The maximum absolute atomic E-state index is 15.0. The zero-order valence-corrected chi connectivity index (χ0v) is 16.2. The summed E-state index contributed by atoms with van der Waals surface area (Å²) in [5.41, 5.74) is -10.2. The minimum absolute atomic E-state index is 0.111. The average molecular weight is 548 g/mol. The van der Waals surface area contributed by atoms with Crippen LogP contribution in [0.1, 0.15) is 5.56 Å². The van der Waals surface area contributed by atoms with Gasteiger partial charge in [0.2, 0.25) is 0 Å². The van der Waals surface area contributed by atoms with Gasteiger partial charge in [0.05, 0.1) is 0 Å². The van der Waals surface area contributed by atoms with Gasteiger partial charge in [0.25, 0.3) is 0 Å². The second-order valence-corrected chi connectivity index (χ2v) is 7.29. The van der Waals surface area contributed by atoms with Gasteiger partial charge in [0, 0.05) is 25.6 Å². The van der Waals surface area contributed by atoms with Crippen molar-refractivity contribution in [1.82, 2.24) is 0 Å². The molecule has 0 aliphatic carbocycles. The first-order valence-electron chi connectivity index (χ1n) is 7.00. The molecule has 0 spiro atoms.